The average molecular weight is 322 g/mol. The number of rotatable bonds is 4. The minimum Gasteiger partial charge on any atom is -0.404 e. The predicted molar refractivity (Wildman–Crippen MR) is 67.4 cm³/mol. The van der Waals surface area contributed by atoms with Gasteiger partial charge in [-0.3, -0.25) is 0 Å². The van der Waals surface area contributed by atoms with Gasteiger partial charge in [0.2, 0.25) is 0 Å². The summed E-state index contributed by atoms with van der Waals surface area (Å²) in [5, 5.41) is 2.85. The van der Waals surface area contributed by atoms with E-state index in [-0.39, 0.29) is 11.4 Å². The first-order valence-corrected chi connectivity index (χ1v) is 5.90. The SMILES string of the molecule is CC#CCCNc1ccc(Br)cc1OC(F)(F)F. The highest BCUT2D eigenvalue weighted by Crippen LogP contribution is 2.32. The third kappa shape index (κ3) is 5.32. The summed E-state index contributed by atoms with van der Waals surface area (Å²) in [6.45, 7) is 2.16. The summed E-state index contributed by atoms with van der Waals surface area (Å²) in [6, 6.07) is 4.42. The van der Waals surface area contributed by atoms with Gasteiger partial charge in [-0.2, -0.15) is 0 Å². The number of benzene rings is 1. The Hall–Kier alpha value is -1.35. The molecule has 0 unspecified atom stereocenters. The van der Waals surface area contributed by atoms with E-state index in [2.05, 4.69) is 37.8 Å². The normalized spacial score (nSPS) is 10.5. The molecule has 1 N–H and O–H groups in total. The minimum atomic E-state index is -4.71. The molecule has 0 aromatic heterocycles. The van der Waals surface area contributed by atoms with E-state index in [1.165, 1.54) is 12.1 Å². The van der Waals surface area contributed by atoms with E-state index in [0.29, 0.717) is 17.4 Å². The molecular formula is C12H11BrF3NO. The zero-order chi connectivity index (χ0) is 13.6. The Morgan fingerprint density at radius 2 is 2.11 bits per heavy atom. The van der Waals surface area contributed by atoms with E-state index in [1.54, 1.807) is 13.0 Å². The minimum absolute atomic E-state index is 0.263. The molecule has 1 aromatic rings. The highest BCUT2D eigenvalue weighted by molar-refractivity contribution is 9.10. The summed E-state index contributed by atoms with van der Waals surface area (Å²) in [5.41, 5.74) is 0.286. The Labute approximate surface area is 112 Å². The van der Waals surface area contributed by atoms with Crippen LogP contribution >= 0.6 is 15.9 Å². The third-order valence-corrected chi connectivity index (χ3v) is 2.40. The van der Waals surface area contributed by atoms with E-state index in [1.807, 2.05) is 0 Å². The molecule has 0 bridgehead atoms. The van der Waals surface area contributed by atoms with Crippen molar-refractivity contribution in [1.29, 1.82) is 0 Å². The summed E-state index contributed by atoms with van der Waals surface area (Å²) in [4.78, 5) is 0. The van der Waals surface area contributed by atoms with Gasteiger partial charge >= 0.3 is 6.36 Å². The number of alkyl halides is 3. The second-order valence-electron chi connectivity index (χ2n) is 3.29. The Bertz CT molecular complexity index is 463. The van der Waals surface area contributed by atoms with E-state index >= 15 is 0 Å². The van der Waals surface area contributed by atoms with Gasteiger partial charge in [0.05, 0.1) is 5.69 Å². The Morgan fingerprint density at radius 1 is 1.39 bits per heavy atom. The number of hydrogen-bond acceptors (Lipinski definition) is 2. The second-order valence-corrected chi connectivity index (χ2v) is 4.21. The van der Waals surface area contributed by atoms with E-state index < -0.39 is 6.36 Å². The smallest absolute Gasteiger partial charge is 0.404 e. The van der Waals surface area contributed by atoms with Gasteiger partial charge in [-0.15, -0.1) is 25.0 Å². The van der Waals surface area contributed by atoms with Crippen LogP contribution in [0.15, 0.2) is 22.7 Å². The Morgan fingerprint density at radius 3 is 2.72 bits per heavy atom. The van der Waals surface area contributed by atoms with Crippen LogP contribution in [0.1, 0.15) is 13.3 Å². The van der Waals surface area contributed by atoms with Crippen molar-refractivity contribution in [2.75, 3.05) is 11.9 Å². The van der Waals surface area contributed by atoms with Gasteiger partial charge in [0, 0.05) is 17.4 Å². The molecule has 0 aliphatic heterocycles. The van der Waals surface area contributed by atoms with Gasteiger partial charge in [0.25, 0.3) is 0 Å². The second kappa shape index (κ2) is 6.55. The first-order chi connectivity index (χ1) is 8.42. The van der Waals surface area contributed by atoms with Crippen molar-refractivity contribution in [2.45, 2.75) is 19.7 Å². The van der Waals surface area contributed by atoms with Crippen molar-refractivity contribution in [3.8, 4) is 17.6 Å². The van der Waals surface area contributed by atoms with Gasteiger partial charge in [-0.05, 0) is 25.1 Å². The van der Waals surface area contributed by atoms with Crippen LogP contribution in [0.5, 0.6) is 5.75 Å². The van der Waals surface area contributed by atoms with Crippen molar-refractivity contribution in [3.05, 3.63) is 22.7 Å². The molecule has 0 spiro atoms. The topological polar surface area (TPSA) is 21.3 Å². The zero-order valence-electron chi connectivity index (χ0n) is 9.57. The highest BCUT2D eigenvalue weighted by atomic mass is 79.9. The largest absolute Gasteiger partial charge is 0.573 e. The summed E-state index contributed by atoms with van der Waals surface area (Å²) in [6.07, 6.45) is -4.15. The highest BCUT2D eigenvalue weighted by Gasteiger charge is 2.32. The van der Waals surface area contributed by atoms with Crippen LogP contribution in [-0.2, 0) is 0 Å². The van der Waals surface area contributed by atoms with Crippen LogP contribution in [-0.4, -0.2) is 12.9 Å². The van der Waals surface area contributed by atoms with Crippen LogP contribution in [0.4, 0.5) is 18.9 Å². The van der Waals surface area contributed by atoms with Crippen LogP contribution in [0.3, 0.4) is 0 Å². The standard InChI is InChI=1S/C12H11BrF3NO/c1-2-3-4-7-17-10-6-5-9(13)8-11(10)18-12(14,15)16/h5-6,8,17H,4,7H2,1H3. The van der Waals surface area contributed by atoms with Crippen LogP contribution in [0, 0.1) is 11.8 Å². The molecule has 0 atom stereocenters. The number of hydrogen-bond donors (Lipinski definition) is 1. The number of ether oxygens (including phenoxy) is 1. The molecule has 98 valence electrons. The van der Waals surface area contributed by atoms with Gasteiger partial charge in [-0.1, -0.05) is 15.9 Å². The van der Waals surface area contributed by atoms with E-state index in [9.17, 15) is 13.2 Å². The summed E-state index contributed by atoms with van der Waals surface area (Å²) < 4.78 is 41.1. The maximum atomic E-state index is 12.2. The Balaban J connectivity index is 2.78. The molecule has 0 aliphatic carbocycles. The van der Waals surface area contributed by atoms with Crippen molar-refractivity contribution in [2.24, 2.45) is 0 Å². The van der Waals surface area contributed by atoms with Gasteiger partial charge < -0.3 is 10.1 Å². The molecule has 0 amide bonds. The van der Waals surface area contributed by atoms with Crippen LogP contribution in [0.25, 0.3) is 0 Å². The molecule has 0 fully saturated rings. The molecule has 0 saturated carbocycles. The van der Waals surface area contributed by atoms with Crippen molar-refractivity contribution < 1.29 is 17.9 Å². The molecule has 1 rings (SSSR count). The van der Waals surface area contributed by atoms with Crippen molar-refractivity contribution >= 4 is 21.6 Å². The molecule has 1 aromatic carbocycles. The fourth-order valence-electron chi connectivity index (χ4n) is 1.24. The van der Waals surface area contributed by atoms with Crippen molar-refractivity contribution in [3.63, 3.8) is 0 Å². The fourth-order valence-corrected chi connectivity index (χ4v) is 1.58. The monoisotopic (exact) mass is 321 g/mol. The number of nitrogens with one attached hydrogen (secondary N) is 1. The number of anilines is 1. The summed E-state index contributed by atoms with van der Waals surface area (Å²) >= 11 is 3.10. The molecule has 0 radical (unpaired) electrons. The lowest BCUT2D eigenvalue weighted by Crippen LogP contribution is -2.18. The Kier molecular flexibility index (Phi) is 5.35. The predicted octanol–water partition coefficient (Wildman–Crippen LogP) is 4.17. The maximum Gasteiger partial charge on any atom is 0.573 e. The third-order valence-electron chi connectivity index (χ3n) is 1.91. The molecule has 2 nitrogen and oxygen atoms in total. The summed E-state index contributed by atoms with van der Waals surface area (Å²) in [7, 11) is 0. The molecule has 0 heterocycles. The lowest BCUT2D eigenvalue weighted by Gasteiger charge is -2.14. The average Bonchev–Trinajstić information content (AvgIpc) is 2.24. The van der Waals surface area contributed by atoms with E-state index in [0.717, 1.165) is 0 Å². The van der Waals surface area contributed by atoms with Gasteiger partial charge in [0.15, 0.2) is 5.75 Å². The number of halogens is 4. The lowest BCUT2D eigenvalue weighted by molar-refractivity contribution is -0.274. The zero-order valence-corrected chi connectivity index (χ0v) is 11.2. The van der Waals surface area contributed by atoms with Crippen LogP contribution in [0.2, 0.25) is 0 Å². The maximum absolute atomic E-state index is 12.2. The molecule has 6 heteroatoms. The molecule has 0 aliphatic rings. The first-order valence-electron chi connectivity index (χ1n) is 5.11. The van der Waals surface area contributed by atoms with Crippen molar-refractivity contribution in [1.82, 2.24) is 0 Å². The summed E-state index contributed by atoms with van der Waals surface area (Å²) in [5.74, 6) is 5.26. The van der Waals surface area contributed by atoms with Crippen LogP contribution < -0.4 is 10.1 Å². The quantitative estimate of drug-likeness (QED) is 0.663. The molecule has 18 heavy (non-hydrogen) atoms. The van der Waals surface area contributed by atoms with Gasteiger partial charge in [0.1, 0.15) is 0 Å². The fraction of sp³-hybridized carbons (Fsp3) is 0.333. The first kappa shape index (κ1) is 14.7. The van der Waals surface area contributed by atoms with E-state index in [4.69, 9.17) is 0 Å². The molecular weight excluding hydrogens is 311 g/mol. The van der Waals surface area contributed by atoms with Gasteiger partial charge in [-0.25, -0.2) is 0 Å². The molecule has 0 saturated heterocycles. The lowest BCUT2D eigenvalue weighted by atomic mass is 10.3.